The first-order valence-electron chi connectivity index (χ1n) is 7.26. The van der Waals surface area contributed by atoms with Gasteiger partial charge in [0.2, 0.25) is 0 Å². The van der Waals surface area contributed by atoms with Crippen molar-refractivity contribution in [1.29, 1.82) is 0 Å². The van der Waals surface area contributed by atoms with Gasteiger partial charge in [-0.15, -0.1) is 0 Å². The molecule has 0 rings (SSSR count). The maximum absolute atomic E-state index is 11.6. The third-order valence-corrected chi connectivity index (χ3v) is 8.97. The largest absolute Gasteiger partial charge is 0.469 e. The van der Waals surface area contributed by atoms with Gasteiger partial charge in [-0.05, 0) is 44.8 Å². The van der Waals surface area contributed by atoms with Crippen molar-refractivity contribution in [2.75, 3.05) is 13.7 Å². The van der Waals surface area contributed by atoms with Crippen molar-refractivity contribution in [1.82, 2.24) is 0 Å². The fourth-order valence-electron chi connectivity index (χ4n) is 1.58. The second-order valence-corrected chi connectivity index (χ2v) is 12.3. The molecule has 1 N–H and O–H groups in total. The number of carbonyl (C=O) groups excluding carboxylic acids is 1. The minimum atomic E-state index is -1.72. The van der Waals surface area contributed by atoms with Gasteiger partial charge >= 0.3 is 5.97 Å². The Morgan fingerprint density at radius 1 is 1.20 bits per heavy atom. The van der Waals surface area contributed by atoms with Crippen molar-refractivity contribution in [2.45, 2.75) is 71.7 Å². The summed E-state index contributed by atoms with van der Waals surface area (Å²) in [5.41, 5.74) is -0.869. The van der Waals surface area contributed by atoms with Crippen LogP contribution in [0.25, 0.3) is 0 Å². The topological polar surface area (TPSA) is 55.8 Å². The van der Waals surface area contributed by atoms with Crippen LogP contribution in [0.15, 0.2) is 0 Å². The molecular weight excluding hydrogens is 272 g/mol. The monoisotopic (exact) mass is 304 g/mol. The second kappa shape index (κ2) is 7.05. The Morgan fingerprint density at radius 2 is 1.70 bits per heavy atom. The van der Waals surface area contributed by atoms with Crippen LogP contribution in [0.1, 0.15) is 47.5 Å². The number of hydrogen-bond donors (Lipinski definition) is 1. The molecule has 1 atom stereocenters. The number of rotatable bonds is 7. The fourth-order valence-corrected chi connectivity index (χ4v) is 2.67. The SMILES string of the molecule is COC(=O)C(C)(C)[C@H](O)CCCO[Si](C)(C)C(C)(C)C. The molecule has 0 heterocycles. The predicted molar refractivity (Wildman–Crippen MR) is 84.2 cm³/mol. The molecule has 20 heavy (non-hydrogen) atoms. The summed E-state index contributed by atoms with van der Waals surface area (Å²) in [6.07, 6.45) is 0.572. The number of aliphatic hydroxyl groups excluding tert-OH is 1. The van der Waals surface area contributed by atoms with E-state index in [9.17, 15) is 9.90 Å². The van der Waals surface area contributed by atoms with E-state index in [1.54, 1.807) is 13.8 Å². The molecule has 120 valence electrons. The molecule has 0 bridgehead atoms. The van der Waals surface area contributed by atoms with Crippen LogP contribution in [0.4, 0.5) is 0 Å². The zero-order valence-electron chi connectivity index (χ0n) is 14.4. The Bertz CT molecular complexity index is 318. The highest BCUT2D eigenvalue weighted by Gasteiger charge is 2.38. The van der Waals surface area contributed by atoms with Gasteiger partial charge in [-0.2, -0.15) is 0 Å². The number of methoxy groups -OCH3 is 1. The van der Waals surface area contributed by atoms with Crippen molar-refractivity contribution < 1.29 is 19.1 Å². The van der Waals surface area contributed by atoms with E-state index >= 15 is 0 Å². The summed E-state index contributed by atoms with van der Waals surface area (Å²) < 4.78 is 10.8. The molecule has 0 aromatic heterocycles. The van der Waals surface area contributed by atoms with Crippen molar-refractivity contribution in [3.63, 3.8) is 0 Å². The summed E-state index contributed by atoms with van der Waals surface area (Å²) in [4.78, 5) is 11.6. The van der Waals surface area contributed by atoms with Crippen LogP contribution in [0.5, 0.6) is 0 Å². The Balaban J connectivity index is 4.24. The van der Waals surface area contributed by atoms with E-state index in [1.165, 1.54) is 7.11 Å². The van der Waals surface area contributed by atoms with Crippen molar-refractivity contribution in [3.8, 4) is 0 Å². The van der Waals surface area contributed by atoms with E-state index in [0.717, 1.165) is 6.42 Å². The van der Waals surface area contributed by atoms with E-state index in [4.69, 9.17) is 9.16 Å². The van der Waals surface area contributed by atoms with E-state index in [2.05, 4.69) is 33.9 Å². The van der Waals surface area contributed by atoms with E-state index < -0.39 is 19.8 Å². The van der Waals surface area contributed by atoms with Crippen LogP contribution < -0.4 is 0 Å². The Kier molecular flexibility index (Phi) is 6.91. The Labute approximate surface area is 125 Å². The number of hydrogen-bond acceptors (Lipinski definition) is 4. The third-order valence-electron chi connectivity index (χ3n) is 4.44. The lowest BCUT2D eigenvalue weighted by molar-refractivity contribution is -0.157. The Hall–Kier alpha value is -0.393. The molecule has 0 aliphatic rings. The first-order valence-corrected chi connectivity index (χ1v) is 10.2. The van der Waals surface area contributed by atoms with Gasteiger partial charge in [0.15, 0.2) is 8.32 Å². The lowest BCUT2D eigenvalue weighted by Gasteiger charge is -2.36. The smallest absolute Gasteiger partial charge is 0.313 e. The van der Waals surface area contributed by atoms with Crippen molar-refractivity contribution >= 4 is 14.3 Å². The zero-order valence-corrected chi connectivity index (χ0v) is 15.4. The van der Waals surface area contributed by atoms with Crippen LogP contribution in [0, 0.1) is 5.41 Å². The quantitative estimate of drug-likeness (QED) is 0.445. The normalized spacial score (nSPS) is 15.1. The molecule has 0 aliphatic carbocycles. The maximum Gasteiger partial charge on any atom is 0.313 e. The Morgan fingerprint density at radius 3 is 2.10 bits per heavy atom. The second-order valence-electron chi connectivity index (χ2n) is 7.48. The van der Waals surface area contributed by atoms with Crippen LogP contribution in [-0.4, -0.2) is 39.2 Å². The first kappa shape index (κ1) is 19.6. The number of ether oxygens (including phenoxy) is 1. The summed E-state index contributed by atoms with van der Waals surface area (Å²) in [6, 6.07) is 0. The summed E-state index contributed by atoms with van der Waals surface area (Å²) >= 11 is 0. The van der Waals surface area contributed by atoms with Crippen LogP contribution in [0.3, 0.4) is 0 Å². The van der Waals surface area contributed by atoms with Crippen LogP contribution in [-0.2, 0) is 14.0 Å². The zero-order chi connectivity index (χ0) is 16.2. The highest BCUT2D eigenvalue weighted by molar-refractivity contribution is 6.74. The van der Waals surface area contributed by atoms with Gasteiger partial charge in [0.1, 0.15) is 0 Å². The number of esters is 1. The minimum Gasteiger partial charge on any atom is -0.469 e. The molecule has 0 spiro atoms. The molecule has 0 aromatic rings. The summed E-state index contributed by atoms with van der Waals surface area (Å²) in [5, 5.41) is 10.3. The van der Waals surface area contributed by atoms with Gasteiger partial charge < -0.3 is 14.3 Å². The third kappa shape index (κ3) is 5.18. The summed E-state index contributed by atoms with van der Waals surface area (Å²) in [6.45, 7) is 15.1. The highest BCUT2D eigenvalue weighted by Crippen LogP contribution is 2.36. The van der Waals surface area contributed by atoms with Gasteiger partial charge in [-0.1, -0.05) is 20.8 Å². The van der Waals surface area contributed by atoms with Crippen molar-refractivity contribution in [2.24, 2.45) is 5.41 Å². The molecule has 0 aromatic carbocycles. The van der Waals surface area contributed by atoms with E-state index in [0.29, 0.717) is 13.0 Å². The fraction of sp³-hybridized carbons (Fsp3) is 0.933. The maximum atomic E-state index is 11.6. The molecule has 0 fully saturated rings. The highest BCUT2D eigenvalue weighted by atomic mass is 28.4. The predicted octanol–water partition coefficient (Wildman–Crippen LogP) is 3.35. The molecule has 0 amide bonds. The molecule has 0 saturated carbocycles. The average Bonchev–Trinajstić information content (AvgIpc) is 2.31. The van der Waals surface area contributed by atoms with Gasteiger partial charge in [-0.3, -0.25) is 4.79 Å². The average molecular weight is 305 g/mol. The van der Waals surface area contributed by atoms with Gasteiger partial charge in [-0.25, -0.2) is 0 Å². The van der Waals surface area contributed by atoms with Gasteiger partial charge in [0.25, 0.3) is 0 Å². The van der Waals surface area contributed by atoms with Crippen LogP contribution >= 0.6 is 0 Å². The molecule has 0 aliphatic heterocycles. The van der Waals surface area contributed by atoms with E-state index in [1.807, 2.05) is 0 Å². The summed E-state index contributed by atoms with van der Waals surface area (Å²) in [7, 11) is -0.380. The molecule has 0 saturated heterocycles. The molecule has 5 heteroatoms. The molecule has 4 nitrogen and oxygen atoms in total. The van der Waals surface area contributed by atoms with Crippen molar-refractivity contribution in [3.05, 3.63) is 0 Å². The minimum absolute atomic E-state index is 0.191. The number of carbonyl (C=O) groups is 1. The molecular formula is C15H32O4Si. The lowest BCUT2D eigenvalue weighted by atomic mass is 9.84. The number of aliphatic hydroxyl groups is 1. The summed E-state index contributed by atoms with van der Waals surface area (Å²) in [5.74, 6) is -0.379. The lowest BCUT2D eigenvalue weighted by Crippen LogP contribution is -2.41. The standard InChI is InChI=1S/C15H32O4Si/c1-14(2,3)20(7,8)19-11-9-10-12(16)15(4,5)13(17)18-6/h12,16H,9-11H2,1-8H3/t12-/m1/s1. The molecule has 0 unspecified atom stereocenters. The van der Waals surface area contributed by atoms with Gasteiger partial charge in [0.05, 0.1) is 18.6 Å². The van der Waals surface area contributed by atoms with Gasteiger partial charge in [0, 0.05) is 6.61 Å². The molecule has 0 radical (unpaired) electrons. The first-order chi connectivity index (χ1) is 8.86. The van der Waals surface area contributed by atoms with Crippen LogP contribution in [0.2, 0.25) is 18.1 Å². The van der Waals surface area contributed by atoms with E-state index in [-0.39, 0.29) is 11.0 Å².